The zero-order chi connectivity index (χ0) is 38.1. The number of aliphatic hydroxyl groups excluding tert-OH is 1. The summed E-state index contributed by atoms with van der Waals surface area (Å²) in [6.45, 7) is 15.7. The summed E-state index contributed by atoms with van der Waals surface area (Å²) in [6, 6.07) is -0.223. The van der Waals surface area contributed by atoms with Crippen LogP contribution in [-0.2, 0) is 57.1 Å². The van der Waals surface area contributed by atoms with E-state index in [4.69, 9.17) is 37.9 Å². The zero-order valence-electron chi connectivity index (χ0n) is 32.4. The zero-order valence-corrected chi connectivity index (χ0v) is 32.4. The van der Waals surface area contributed by atoms with E-state index in [0.717, 1.165) is 0 Å². The van der Waals surface area contributed by atoms with E-state index in [-0.39, 0.29) is 43.2 Å². The van der Waals surface area contributed by atoms with Gasteiger partial charge in [0.15, 0.2) is 35.9 Å². The number of carbonyl (C=O) groups is 4. The van der Waals surface area contributed by atoms with Crippen LogP contribution in [0.2, 0.25) is 0 Å². The summed E-state index contributed by atoms with van der Waals surface area (Å²) in [4.78, 5) is 55.0. The van der Waals surface area contributed by atoms with Crippen molar-refractivity contribution in [2.24, 2.45) is 29.6 Å². The molecule has 0 amide bonds. The lowest BCUT2D eigenvalue weighted by molar-refractivity contribution is -0.294. The first kappa shape index (κ1) is 41.7. The molecular weight excluding hydrogens is 666 g/mol. The van der Waals surface area contributed by atoms with Crippen LogP contribution in [0.25, 0.3) is 0 Å². The number of carbonyl (C=O) groups excluding carboxylic acids is 4. The number of ether oxygens (including phenoxy) is 8. The Kier molecular flexibility index (Phi) is 13.9. The number of methoxy groups -OCH3 is 1. The Morgan fingerprint density at radius 3 is 2.10 bits per heavy atom. The van der Waals surface area contributed by atoms with Gasteiger partial charge in [0.1, 0.15) is 18.3 Å². The average Bonchev–Trinajstić information content (AvgIpc) is 3.85. The monoisotopic (exact) mass is 727 g/mol. The Hall–Kier alpha value is -2.04. The molecule has 0 aromatic rings. The van der Waals surface area contributed by atoms with Crippen molar-refractivity contribution in [2.45, 2.75) is 155 Å². The Morgan fingerprint density at radius 1 is 0.882 bits per heavy atom. The molecule has 4 heterocycles. The van der Waals surface area contributed by atoms with E-state index in [9.17, 15) is 24.3 Å². The molecule has 0 unspecified atom stereocenters. The van der Waals surface area contributed by atoms with E-state index < -0.39 is 102 Å². The van der Waals surface area contributed by atoms with Crippen LogP contribution >= 0.6 is 0 Å². The molecule has 4 aliphatic heterocycles. The van der Waals surface area contributed by atoms with Crippen molar-refractivity contribution < 1.29 is 62.2 Å². The van der Waals surface area contributed by atoms with Gasteiger partial charge in [-0.15, -0.1) is 0 Å². The molecule has 14 nitrogen and oxygen atoms in total. The van der Waals surface area contributed by atoms with Crippen LogP contribution in [-0.4, -0.2) is 134 Å². The summed E-state index contributed by atoms with van der Waals surface area (Å²) >= 11 is 0. The highest BCUT2D eigenvalue weighted by molar-refractivity contribution is 5.92. The number of hydrogen-bond acceptors (Lipinski definition) is 14. The molecule has 17 atom stereocenters. The SMILES string of the molecule is CO[C@@H]1C[C@H](O[C@H]2[C@@H](C)[C@@H](O[C@@H]3O[C@H](C)C[C@H](N(C)C)[C@H]3OC(C)=O)[C@@H](C)C[C@@]3(CO3)C(=O)[C@H](C)[C@@H](O)[C@@H](C)[C@@H](C)OC(=O)[C@H]2C)O[C@H](C)C1=O. The van der Waals surface area contributed by atoms with Gasteiger partial charge in [0, 0.05) is 38.2 Å². The van der Waals surface area contributed by atoms with Crippen LogP contribution in [0, 0.1) is 29.6 Å². The minimum Gasteiger partial charge on any atom is -0.462 e. The summed E-state index contributed by atoms with van der Waals surface area (Å²) in [5.74, 6) is -4.70. The van der Waals surface area contributed by atoms with Crippen molar-refractivity contribution in [3.63, 3.8) is 0 Å². The van der Waals surface area contributed by atoms with E-state index in [2.05, 4.69) is 0 Å². The molecule has 0 aromatic carbocycles. The van der Waals surface area contributed by atoms with E-state index in [1.165, 1.54) is 14.0 Å². The van der Waals surface area contributed by atoms with Gasteiger partial charge in [0.25, 0.3) is 0 Å². The predicted octanol–water partition coefficient (Wildman–Crippen LogP) is 2.69. The highest BCUT2D eigenvalue weighted by Gasteiger charge is 2.57. The van der Waals surface area contributed by atoms with Crippen LogP contribution in [0.5, 0.6) is 0 Å². The molecule has 14 heteroatoms. The first-order valence-electron chi connectivity index (χ1n) is 18.4. The molecule has 4 saturated heterocycles. The second kappa shape index (κ2) is 17.0. The summed E-state index contributed by atoms with van der Waals surface area (Å²) in [7, 11) is 5.26. The molecular formula is C37H61NO13. The van der Waals surface area contributed by atoms with Crippen LogP contribution in [0.4, 0.5) is 0 Å². The van der Waals surface area contributed by atoms with Crippen LogP contribution in [0.1, 0.15) is 81.6 Å². The normalized spacial score (nSPS) is 46.0. The van der Waals surface area contributed by atoms with Crippen LogP contribution in [0.15, 0.2) is 0 Å². The van der Waals surface area contributed by atoms with Crippen molar-refractivity contribution in [3.05, 3.63) is 0 Å². The third kappa shape index (κ3) is 9.37. The number of esters is 2. The number of aliphatic hydroxyl groups is 1. The number of hydrogen-bond donors (Lipinski definition) is 1. The second-order valence-corrected chi connectivity index (χ2v) is 15.7. The van der Waals surface area contributed by atoms with Gasteiger partial charge in [0.05, 0.1) is 43.0 Å². The molecule has 1 spiro atoms. The molecule has 0 bridgehead atoms. The van der Waals surface area contributed by atoms with Gasteiger partial charge < -0.3 is 47.9 Å². The van der Waals surface area contributed by atoms with Crippen LogP contribution in [0.3, 0.4) is 0 Å². The van der Waals surface area contributed by atoms with Crippen molar-refractivity contribution in [1.29, 1.82) is 0 Å². The molecule has 1 N–H and O–H groups in total. The number of rotatable bonds is 7. The van der Waals surface area contributed by atoms with Gasteiger partial charge in [-0.3, -0.25) is 19.2 Å². The van der Waals surface area contributed by atoms with Gasteiger partial charge in [0.2, 0.25) is 0 Å². The van der Waals surface area contributed by atoms with Crippen molar-refractivity contribution in [3.8, 4) is 0 Å². The summed E-state index contributed by atoms with van der Waals surface area (Å²) in [5.41, 5.74) is -1.14. The van der Waals surface area contributed by atoms with E-state index in [1.54, 1.807) is 34.6 Å². The quantitative estimate of drug-likeness (QED) is 0.300. The van der Waals surface area contributed by atoms with Crippen LogP contribution < -0.4 is 0 Å². The van der Waals surface area contributed by atoms with Gasteiger partial charge in [-0.2, -0.15) is 0 Å². The van der Waals surface area contributed by atoms with Crippen molar-refractivity contribution >= 4 is 23.5 Å². The molecule has 0 aromatic heterocycles. The predicted molar refractivity (Wildman–Crippen MR) is 182 cm³/mol. The highest BCUT2D eigenvalue weighted by atomic mass is 16.7. The minimum atomic E-state index is -1.14. The molecule has 0 radical (unpaired) electrons. The first-order chi connectivity index (χ1) is 23.8. The topological polar surface area (TPSA) is 169 Å². The van der Waals surface area contributed by atoms with Crippen molar-refractivity contribution in [1.82, 2.24) is 4.90 Å². The minimum absolute atomic E-state index is 0.108. The fraction of sp³-hybridized carbons (Fsp3) is 0.892. The van der Waals surface area contributed by atoms with Crippen molar-refractivity contribution in [2.75, 3.05) is 27.8 Å². The van der Waals surface area contributed by atoms with E-state index in [1.807, 2.05) is 39.8 Å². The Bertz CT molecular complexity index is 1240. The summed E-state index contributed by atoms with van der Waals surface area (Å²) in [5, 5.41) is 11.3. The van der Waals surface area contributed by atoms with E-state index in [0.29, 0.717) is 6.42 Å². The maximum absolute atomic E-state index is 14.0. The molecule has 51 heavy (non-hydrogen) atoms. The maximum atomic E-state index is 14.0. The Morgan fingerprint density at radius 2 is 1.53 bits per heavy atom. The van der Waals surface area contributed by atoms with Gasteiger partial charge in [-0.1, -0.05) is 27.7 Å². The smallest absolute Gasteiger partial charge is 0.311 e. The number of ketones is 2. The first-order valence-corrected chi connectivity index (χ1v) is 18.4. The molecule has 292 valence electrons. The number of nitrogens with zero attached hydrogens (tertiary/aromatic N) is 1. The fourth-order valence-corrected chi connectivity index (χ4v) is 8.07. The lowest BCUT2D eigenvalue weighted by Crippen LogP contribution is -2.58. The lowest BCUT2D eigenvalue weighted by Gasteiger charge is -2.46. The number of Topliss-reactive ketones (excluding diaryl/α,β-unsaturated/α-hetero) is 2. The third-order valence-corrected chi connectivity index (χ3v) is 11.5. The number of cyclic esters (lactones) is 1. The molecule has 0 aliphatic carbocycles. The summed E-state index contributed by atoms with van der Waals surface area (Å²) < 4.78 is 49.1. The molecule has 4 rings (SSSR count). The number of likely N-dealkylation sites (N-methyl/N-ethyl adjacent to an activating group) is 1. The van der Waals surface area contributed by atoms with E-state index >= 15 is 0 Å². The fourth-order valence-electron chi connectivity index (χ4n) is 8.07. The standard InChI is InChI=1S/C37H61NO13/c1-17-15-37(16-45-37)34(42)20(4)29(40)19(3)23(7)48-35(43)22(6)32(50-28-14-27(44-12)30(41)24(8)47-28)21(5)31(17)51-36-33(49-25(9)39)26(38(10)11)13-18(2)46-36/h17-24,26-29,31-33,36,40H,13-16H2,1-12H3/t17-,18+,19-,20+,21-,22-,23+,24+,26-,27+,28-,29-,31-,32-,33+,36-,37+/m0/s1. The highest BCUT2D eigenvalue weighted by Crippen LogP contribution is 2.43. The van der Waals surface area contributed by atoms with Gasteiger partial charge in [-0.25, -0.2) is 0 Å². The lowest BCUT2D eigenvalue weighted by atomic mass is 9.76. The second-order valence-electron chi connectivity index (χ2n) is 15.7. The Balaban J connectivity index is 1.79. The molecule has 0 saturated carbocycles. The van der Waals surface area contributed by atoms with Gasteiger partial charge in [-0.05, 0) is 60.5 Å². The molecule has 4 fully saturated rings. The Labute approximate surface area is 302 Å². The number of epoxide rings is 1. The van der Waals surface area contributed by atoms with Gasteiger partial charge >= 0.3 is 11.9 Å². The third-order valence-electron chi connectivity index (χ3n) is 11.5. The molecule has 4 aliphatic rings. The maximum Gasteiger partial charge on any atom is 0.311 e. The largest absolute Gasteiger partial charge is 0.462 e. The summed E-state index contributed by atoms with van der Waals surface area (Å²) in [6.07, 6.45) is -7.04. The average molecular weight is 728 g/mol.